The van der Waals surface area contributed by atoms with Crippen LogP contribution >= 0.6 is 12.4 Å². The van der Waals surface area contributed by atoms with E-state index in [1.807, 2.05) is 31.2 Å². The minimum Gasteiger partial charge on any atom is -0.497 e. The minimum absolute atomic E-state index is 0. The summed E-state index contributed by atoms with van der Waals surface area (Å²) in [6.07, 6.45) is 1.75. The molecule has 2 rings (SSSR count). The third kappa shape index (κ3) is 5.37. The van der Waals surface area contributed by atoms with Crippen LogP contribution in [0.1, 0.15) is 32.3 Å². The molecule has 6 heteroatoms. The van der Waals surface area contributed by atoms with Crippen molar-refractivity contribution < 1.29 is 14.3 Å². The number of ether oxygens (including phenoxy) is 2. The van der Waals surface area contributed by atoms with Crippen LogP contribution < -0.4 is 15.8 Å². The molecule has 1 aliphatic carbocycles. The average Bonchev–Trinajstić information content (AvgIpc) is 3.37. The van der Waals surface area contributed by atoms with E-state index in [2.05, 4.69) is 5.32 Å². The molecule has 0 saturated heterocycles. The highest BCUT2D eigenvalue weighted by Crippen LogP contribution is 2.39. The molecule has 1 amide bonds. The van der Waals surface area contributed by atoms with Gasteiger partial charge in [-0.1, -0.05) is 12.1 Å². The lowest BCUT2D eigenvalue weighted by Gasteiger charge is -2.30. The second-order valence-corrected chi connectivity index (χ2v) is 6.19. The van der Waals surface area contributed by atoms with Gasteiger partial charge in [0.1, 0.15) is 11.9 Å². The summed E-state index contributed by atoms with van der Waals surface area (Å²) in [6, 6.07) is 7.63. The van der Waals surface area contributed by atoms with E-state index in [9.17, 15) is 4.79 Å². The van der Waals surface area contributed by atoms with E-state index in [0.717, 1.165) is 24.2 Å². The Bertz CT molecular complexity index is 522. The van der Waals surface area contributed by atoms with Crippen molar-refractivity contribution in [1.82, 2.24) is 5.32 Å². The lowest BCUT2D eigenvalue weighted by Crippen LogP contribution is -2.55. The molecule has 0 bridgehead atoms. The Kier molecular flexibility index (Phi) is 7.32. The predicted octanol–water partition coefficient (Wildman–Crippen LogP) is 2.27. The first-order chi connectivity index (χ1) is 10.5. The van der Waals surface area contributed by atoms with Gasteiger partial charge >= 0.3 is 0 Å². The first-order valence-electron chi connectivity index (χ1n) is 7.75. The molecule has 5 nitrogen and oxygen atoms in total. The highest BCUT2D eigenvalue weighted by Gasteiger charge is 2.42. The summed E-state index contributed by atoms with van der Waals surface area (Å²) >= 11 is 0. The number of amides is 1. The summed E-state index contributed by atoms with van der Waals surface area (Å²) in [5.74, 6) is 1.16. The topological polar surface area (TPSA) is 73.6 Å². The maximum absolute atomic E-state index is 12.3. The van der Waals surface area contributed by atoms with Crippen LogP contribution in [0.5, 0.6) is 5.75 Å². The standard InChI is InChI=1S/C17H26N2O3.ClH/c1-12(16(20)19-17(2,11-18)14-7-8-14)22-10-13-5-4-6-15(9-13)21-3;/h4-6,9,12,14H,7-8,10-11,18H2,1-3H3,(H,19,20);1H. The molecule has 23 heavy (non-hydrogen) atoms. The largest absolute Gasteiger partial charge is 0.497 e. The molecule has 130 valence electrons. The number of hydrogen-bond acceptors (Lipinski definition) is 4. The zero-order valence-corrected chi connectivity index (χ0v) is 14.8. The van der Waals surface area contributed by atoms with E-state index in [1.165, 1.54) is 0 Å². The van der Waals surface area contributed by atoms with Crippen LogP contribution in [0.15, 0.2) is 24.3 Å². The van der Waals surface area contributed by atoms with E-state index in [4.69, 9.17) is 15.2 Å². The Hall–Kier alpha value is -1.30. The normalized spacial score (nSPS) is 17.6. The number of carbonyl (C=O) groups excluding carboxylic acids is 1. The molecule has 0 heterocycles. The van der Waals surface area contributed by atoms with Crippen molar-refractivity contribution in [3.8, 4) is 5.75 Å². The summed E-state index contributed by atoms with van der Waals surface area (Å²) in [5.41, 5.74) is 6.48. The van der Waals surface area contributed by atoms with Crippen LogP contribution in [-0.4, -0.2) is 31.2 Å². The quantitative estimate of drug-likeness (QED) is 0.760. The van der Waals surface area contributed by atoms with Gasteiger partial charge in [-0.3, -0.25) is 4.79 Å². The van der Waals surface area contributed by atoms with Crippen LogP contribution in [0.2, 0.25) is 0 Å². The van der Waals surface area contributed by atoms with Gasteiger partial charge in [-0.2, -0.15) is 0 Å². The fourth-order valence-corrected chi connectivity index (χ4v) is 2.48. The van der Waals surface area contributed by atoms with Crippen LogP contribution in [-0.2, 0) is 16.1 Å². The van der Waals surface area contributed by atoms with Crippen molar-refractivity contribution in [2.45, 2.75) is 44.9 Å². The summed E-state index contributed by atoms with van der Waals surface area (Å²) in [7, 11) is 1.63. The van der Waals surface area contributed by atoms with E-state index in [-0.39, 0.29) is 23.9 Å². The molecule has 1 saturated carbocycles. The van der Waals surface area contributed by atoms with Crippen LogP contribution in [0.4, 0.5) is 0 Å². The fourth-order valence-electron chi connectivity index (χ4n) is 2.48. The van der Waals surface area contributed by atoms with Crippen molar-refractivity contribution >= 4 is 18.3 Å². The molecule has 0 radical (unpaired) electrons. The fraction of sp³-hybridized carbons (Fsp3) is 0.588. The van der Waals surface area contributed by atoms with Gasteiger partial charge < -0.3 is 20.5 Å². The first-order valence-corrected chi connectivity index (χ1v) is 7.75. The van der Waals surface area contributed by atoms with E-state index < -0.39 is 6.10 Å². The zero-order valence-electron chi connectivity index (χ0n) is 14.0. The lowest BCUT2D eigenvalue weighted by atomic mass is 9.95. The summed E-state index contributed by atoms with van der Waals surface area (Å²) in [4.78, 5) is 12.3. The Balaban J connectivity index is 0.00000264. The molecular weight excluding hydrogens is 316 g/mol. The maximum atomic E-state index is 12.3. The summed E-state index contributed by atoms with van der Waals surface area (Å²) in [5, 5.41) is 3.05. The Morgan fingerprint density at radius 2 is 2.17 bits per heavy atom. The molecule has 0 aliphatic heterocycles. The Labute approximate surface area is 144 Å². The average molecular weight is 343 g/mol. The highest BCUT2D eigenvalue weighted by atomic mass is 35.5. The van der Waals surface area contributed by atoms with E-state index >= 15 is 0 Å². The summed E-state index contributed by atoms with van der Waals surface area (Å²) in [6.45, 7) is 4.59. The van der Waals surface area contributed by atoms with Gasteiger partial charge in [-0.15, -0.1) is 12.4 Å². The molecule has 3 N–H and O–H groups in total. The Morgan fingerprint density at radius 3 is 2.74 bits per heavy atom. The minimum atomic E-state index is -0.518. The molecule has 0 aromatic heterocycles. The number of nitrogens with two attached hydrogens (primary N) is 1. The second kappa shape index (κ2) is 8.52. The van der Waals surface area contributed by atoms with Gasteiger partial charge in [-0.25, -0.2) is 0 Å². The molecule has 1 aliphatic rings. The Morgan fingerprint density at radius 1 is 1.48 bits per heavy atom. The number of methoxy groups -OCH3 is 1. The van der Waals surface area contributed by atoms with Crippen LogP contribution in [0.3, 0.4) is 0 Å². The van der Waals surface area contributed by atoms with Gasteiger partial charge in [0.25, 0.3) is 0 Å². The monoisotopic (exact) mass is 342 g/mol. The van der Waals surface area contributed by atoms with Crippen molar-refractivity contribution in [2.75, 3.05) is 13.7 Å². The van der Waals surface area contributed by atoms with E-state index in [1.54, 1.807) is 14.0 Å². The molecule has 1 aromatic carbocycles. The molecule has 1 aromatic rings. The number of carbonyl (C=O) groups is 1. The predicted molar refractivity (Wildman–Crippen MR) is 92.8 cm³/mol. The van der Waals surface area contributed by atoms with Gasteiger partial charge in [0, 0.05) is 6.54 Å². The van der Waals surface area contributed by atoms with Gasteiger partial charge in [0.15, 0.2) is 0 Å². The number of nitrogens with one attached hydrogen (secondary N) is 1. The van der Waals surface area contributed by atoms with Crippen molar-refractivity contribution in [1.29, 1.82) is 0 Å². The number of hydrogen-bond donors (Lipinski definition) is 2. The smallest absolute Gasteiger partial charge is 0.249 e. The van der Waals surface area contributed by atoms with Gasteiger partial charge in [0.05, 0.1) is 19.3 Å². The molecule has 2 unspecified atom stereocenters. The van der Waals surface area contributed by atoms with Crippen LogP contribution in [0, 0.1) is 5.92 Å². The second-order valence-electron chi connectivity index (χ2n) is 6.19. The highest BCUT2D eigenvalue weighted by molar-refractivity contribution is 5.85. The number of rotatable bonds is 8. The molecule has 2 atom stereocenters. The van der Waals surface area contributed by atoms with E-state index in [0.29, 0.717) is 19.1 Å². The van der Waals surface area contributed by atoms with Gasteiger partial charge in [0.2, 0.25) is 5.91 Å². The first kappa shape index (κ1) is 19.7. The molecular formula is C17H27ClN2O3. The maximum Gasteiger partial charge on any atom is 0.249 e. The third-order valence-electron chi connectivity index (χ3n) is 4.31. The van der Waals surface area contributed by atoms with Gasteiger partial charge in [-0.05, 0) is 50.3 Å². The van der Waals surface area contributed by atoms with Crippen molar-refractivity contribution in [2.24, 2.45) is 11.7 Å². The third-order valence-corrected chi connectivity index (χ3v) is 4.31. The van der Waals surface area contributed by atoms with Crippen molar-refractivity contribution in [3.63, 3.8) is 0 Å². The zero-order chi connectivity index (χ0) is 16.2. The van der Waals surface area contributed by atoms with Crippen molar-refractivity contribution in [3.05, 3.63) is 29.8 Å². The van der Waals surface area contributed by atoms with Crippen LogP contribution in [0.25, 0.3) is 0 Å². The number of benzene rings is 1. The SMILES string of the molecule is COc1cccc(COC(C)C(=O)NC(C)(CN)C2CC2)c1.Cl. The lowest BCUT2D eigenvalue weighted by molar-refractivity contribution is -0.134. The molecule has 1 fully saturated rings. The summed E-state index contributed by atoms with van der Waals surface area (Å²) < 4.78 is 10.8. The number of halogens is 1. The molecule has 0 spiro atoms.